The lowest BCUT2D eigenvalue weighted by atomic mass is 9.49. The van der Waals surface area contributed by atoms with Crippen molar-refractivity contribution in [3.8, 4) is 17.6 Å². The largest absolute Gasteiger partial charge is 0.494 e. The van der Waals surface area contributed by atoms with Crippen molar-refractivity contribution in [3.63, 3.8) is 0 Å². The van der Waals surface area contributed by atoms with Gasteiger partial charge in [0.15, 0.2) is 0 Å². The minimum Gasteiger partial charge on any atom is -0.494 e. The Morgan fingerprint density at radius 3 is 2.24 bits per heavy atom. The number of hydrogen-bond donors (Lipinski definition) is 2. The summed E-state index contributed by atoms with van der Waals surface area (Å²) >= 11 is 0. The smallest absolute Gasteiger partial charge is 0.262 e. The molecule has 14 nitrogen and oxygen atoms in total. The zero-order chi connectivity index (χ0) is 44.8. The average molecular weight is 859 g/mol. The van der Waals surface area contributed by atoms with Crippen LogP contribution in [0.15, 0.2) is 54.6 Å². The second-order valence-corrected chi connectivity index (χ2v) is 19.1. The van der Waals surface area contributed by atoms with E-state index < -0.39 is 29.7 Å². The molecule has 3 aromatic rings. The molecule has 0 bridgehead atoms. The molecule has 0 aromatic heterocycles. The van der Waals surface area contributed by atoms with Crippen molar-refractivity contribution in [2.45, 2.75) is 97.9 Å². The minimum atomic E-state index is -1.01. The van der Waals surface area contributed by atoms with Gasteiger partial charge in [-0.1, -0.05) is 27.7 Å². The molecule has 3 saturated heterocycles. The number of ether oxygens (including phenoxy) is 3. The van der Waals surface area contributed by atoms with Crippen LogP contribution >= 0.6 is 0 Å². The highest BCUT2D eigenvalue weighted by Gasteiger charge is 2.64. The van der Waals surface area contributed by atoms with Crippen LogP contribution in [0.2, 0.25) is 0 Å². The summed E-state index contributed by atoms with van der Waals surface area (Å²) in [6.45, 7) is 17.8. The molecule has 3 aromatic carbocycles. The Kier molecular flexibility index (Phi) is 12.1. The van der Waals surface area contributed by atoms with Gasteiger partial charge in [-0.2, -0.15) is 5.26 Å². The third-order valence-electron chi connectivity index (χ3n) is 14.1. The first-order chi connectivity index (χ1) is 30.1. The summed E-state index contributed by atoms with van der Waals surface area (Å²) < 4.78 is 18.5. The molecule has 0 radical (unpaired) electrons. The number of rotatable bonds is 12. The van der Waals surface area contributed by atoms with E-state index >= 15 is 0 Å². The van der Waals surface area contributed by atoms with Gasteiger partial charge < -0.3 is 24.4 Å². The average Bonchev–Trinajstić information content (AvgIpc) is 3.50. The van der Waals surface area contributed by atoms with Crippen LogP contribution in [-0.2, 0) is 14.3 Å². The normalized spacial score (nSPS) is 24.6. The molecule has 1 aliphatic carbocycles. The standard InChI is InChI=1S/C49H58N6O8/c1-29-23-36(24-30(2)39(29)26-50)63-47-48(3,4)46(49(47,5)6)52-42(57)32-7-9-33(10-8-32)53-18-15-31(16-19-53)27-54-20-22-61-28-34(54)17-21-62-35-11-12-37-38(25-35)45(60)55(44(37)59)40-13-14-41(56)51-43(40)58/h7-12,23-25,31,34,40,46-47H,13-22,27-28H2,1-6H3,(H,52,57)(H,51,56,58)/t34-,40?,46?,47?/m1/s1. The van der Waals surface area contributed by atoms with E-state index in [4.69, 9.17) is 14.2 Å². The Morgan fingerprint density at radius 1 is 0.889 bits per heavy atom. The van der Waals surface area contributed by atoms with E-state index in [0.717, 1.165) is 72.9 Å². The lowest BCUT2D eigenvalue weighted by Gasteiger charge is -2.63. The molecule has 4 fully saturated rings. The highest BCUT2D eigenvalue weighted by molar-refractivity contribution is 6.23. The number of imide groups is 2. The van der Waals surface area contributed by atoms with E-state index in [2.05, 4.69) is 66.3 Å². The molecule has 63 heavy (non-hydrogen) atoms. The van der Waals surface area contributed by atoms with Crippen molar-refractivity contribution in [2.24, 2.45) is 16.7 Å². The fraction of sp³-hybridized carbons (Fsp3) is 0.510. The zero-order valence-electron chi connectivity index (χ0n) is 37.1. The number of morpholine rings is 1. The number of anilines is 1. The molecule has 4 heterocycles. The third kappa shape index (κ3) is 8.53. The second-order valence-electron chi connectivity index (χ2n) is 19.1. The van der Waals surface area contributed by atoms with Crippen molar-refractivity contribution >= 4 is 35.2 Å². The Hall–Kier alpha value is -5.78. The number of carbonyl (C=O) groups excluding carboxylic acids is 5. The fourth-order valence-corrected chi connectivity index (χ4v) is 10.9. The molecule has 0 spiro atoms. The summed E-state index contributed by atoms with van der Waals surface area (Å²) in [5, 5.41) is 15.0. The molecule has 1 saturated carbocycles. The molecule has 5 amide bonds. The maximum atomic E-state index is 13.6. The first-order valence-corrected chi connectivity index (χ1v) is 22.2. The monoisotopic (exact) mass is 858 g/mol. The first kappa shape index (κ1) is 43.9. The molecule has 2 atom stereocenters. The van der Waals surface area contributed by atoms with Crippen molar-refractivity contribution < 1.29 is 38.2 Å². The van der Waals surface area contributed by atoms with Gasteiger partial charge in [0.25, 0.3) is 17.7 Å². The zero-order valence-corrected chi connectivity index (χ0v) is 37.1. The molecule has 2 N–H and O–H groups in total. The van der Waals surface area contributed by atoms with Crippen LogP contribution < -0.4 is 25.0 Å². The number of nitrogens with zero attached hydrogens (tertiary/aromatic N) is 4. The van der Waals surface area contributed by atoms with Crippen molar-refractivity contribution in [2.75, 3.05) is 50.9 Å². The summed E-state index contributed by atoms with van der Waals surface area (Å²) in [7, 11) is 0. The van der Waals surface area contributed by atoms with E-state index in [0.29, 0.717) is 42.6 Å². The predicted molar refractivity (Wildman–Crippen MR) is 235 cm³/mol. The number of benzene rings is 3. The van der Waals surface area contributed by atoms with Crippen LogP contribution in [0.1, 0.15) is 108 Å². The Bertz CT molecular complexity index is 2310. The maximum absolute atomic E-state index is 13.6. The van der Waals surface area contributed by atoms with Crippen LogP contribution in [0.5, 0.6) is 11.5 Å². The first-order valence-electron chi connectivity index (χ1n) is 22.2. The summed E-state index contributed by atoms with van der Waals surface area (Å²) in [5.41, 5.74) is 3.97. The topological polar surface area (TPSA) is 171 Å². The molecular formula is C49H58N6O8. The van der Waals surface area contributed by atoms with Crippen LogP contribution in [0.3, 0.4) is 0 Å². The number of amides is 5. The summed E-state index contributed by atoms with van der Waals surface area (Å²) in [6, 6.07) is 17.9. The highest BCUT2D eigenvalue weighted by Crippen LogP contribution is 2.55. The number of hydrogen-bond acceptors (Lipinski definition) is 11. The molecule has 332 valence electrons. The number of nitriles is 1. The summed E-state index contributed by atoms with van der Waals surface area (Å²) in [5.74, 6) is -0.495. The van der Waals surface area contributed by atoms with Gasteiger partial charge in [-0.15, -0.1) is 0 Å². The van der Waals surface area contributed by atoms with Crippen LogP contribution in [0.4, 0.5) is 5.69 Å². The Labute approximate surface area is 369 Å². The fourth-order valence-electron chi connectivity index (χ4n) is 10.9. The van der Waals surface area contributed by atoms with Gasteiger partial charge in [0.2, 0.25) is 11.8 Å². The number of carbonyl (C=O) groups is 5. The quantitative estimate of drug-likeness (QED) is 0.218. The minimum absolute atomic E-state index is 0.0677. The SMILES string of the molecule is Cc1cc(OC2C(C)(C)C(NC(=O)c3ccc(N4CCC(CN5CCOC[C@H]5CCOc5ccc6c(c5)C(=O)N(C5CCC(=O)NC5=O)C6=O)CC4)cc3)C2(C)C)cc(C)c1C#N. The van der Waals surface area contributed by atoms with E-state index in [1.54, 1.807) is 18.2 Å². The number of aryl methyl sites for hydroxylation is 2. The molecule has 8 rings (SSSR count). The molecule has 5 aliphatic rings. The van der Waals surface area contributed by atoms with E-state index in [1.807, 2.05) is 38.1 Å². The van der Waals surface area contributed by atoms with Crippen LogP contribution in [-0.4, -0.2) is 110 Å². The van der Waals surface area contributed by atoms with Gasteiger partial charge in [-0.3, -0.25) is 39.1 Å². The Balaban J connectivity index is 0.794. The van der Waals surface area contributed by atoms with Crippen molar-refractivity contribution in [1.29, 1.82) is 5.26 Å². The van der Waals surface area contributed by atoms with Gasteiger partial charge in [-0.25, -0.2) is 0 Å². The number of fused-ring (bicyclic) bond motifs is 1. The number of piperidine rings is 2. The maximum Gasteiger partial charge on any atom is 0.262 e. The highest BCUT2D eigenvalue weighted by atomic mass is 16.5. The number of nitrogens with one attached hydrogen (secondary N) is 2. The third-order valence-corrected chi connectivity index (χ3v) is 14.1. The van der Waals surface area contributed by atoms with E-state index in [1.165, 1.54) is 0 Å². The van der Waals surface area contributed by atoms with Crippen LogP contribution in [0, 0.1) is 41.9 Å². The van der Waals surface area contributed by atoms with Gasteiger partial charge in [0.05, 0.1) is 42.6 Å². The van der Waals surface area contributed by atoms with Gasteiger partial charge in [0.1, 0.15) is 23.6 Å². The summed E-state index contributed by atoms with van der Waals surface area (Å²) in [4.78, 5) is 69.9. The van der Waals surface area contributed by atoms with Crippen molar-refractivity contribution in [1.82, 2.24) is 20.4 Å². The summed E-state index contributed by atoms with van der Waals surface area (Å²) in [6.07, 6.45) is 2.87. The van der Waals surface area contributed by atoms with E-state index in [-0.39, 0.29) is 58.9 Å². The van der Waals surface area contributed by atoms with Crippen molar-refractivity contribution in [3.05, 3.63) is 88.0 Å². The molecule has 14 heteroatoms. The van der Waals surface area contributed by atoms with Gasteiger partial charge >= 0.3 is 0 Å². The molecular weight excluding hydrogens is 801 g/mol. The second kappa shape index (κ2) is 17.4. The predicted octanol–water partition coefficient (Wildman–Crippen LogP) is 5.57. The molecule has 4 aliphatic heterocycles. The Morgan fingerprint density at radius 2 is 1.57 bits per heavy atom. The lowest BCUT2D eigenvalue weighted by molar-refractivity contribution is -0.164. The lowest BCUT2D eigenvalue weighted by Crippen LogP contribution is -2.74. The molecule has 1 unspecified atom stereocenters. The van der Waals surface area contributed by atoms with E-state index in [9.17, 15) is 29.2 Å². The van der Waals surface area contributed by atoms with Gasteiger partial charge in [-0.05, 0) is 111 Å². The van der Waals surface area contributed by atoms with Crippen LogP contribution in [0.25, 0.3) is 0 Å². The van der Waals surface area contributed by atoms with Gasteiger partial charge in [0, 0.05) is 66.8 Å².